The van der Waals surface area contributed by atoms with E-state index in [1.54, 1.807) is 5.38 Å². The van der Waals surface area contributed by atoms with Crippen LogP contribution in [-0.4, -0.2) is 10.9 Å². The number of hydrogen-bond acceptors (Lipinski definition) is 5. The summed E-state index contributed by atoms with van der Waals surface area (Å²) in [4.78, 5) is 16.5. The summed E-state index contributed by atoms with van der Waals surface area (Å²) in [5.41, 5.74) is 8.40. The number of benzene rings is 1. The molecule has 2 heterocycles. The summed E-state index contributed by atoms with van der Waals surface area (Å²) in [6, 6.07) is 7.63. The fraction of sp³-hybridized carbons (Fsp3) is 0.200. The predicted octanol–water partition coefficient (Wildman–Crippen LogP) is 3.16. The highest BCUT2D eigenvalue weighted by Gasteiger charge is 2.07. The van der Waals surface area contributed by atoms with Crippen molar-refractivity contribution in [1.29, 1.82) is 0 Å². The third-order valence-electron chi connectivity index (χ3n) is 3.14. The smallest absolute Gasteiger partial charge is 0.249 e. The molecule has 5 nitrogen and oxygen atoms in total. The standard InChI is InChI=1S/C15H15N3O2S/c1-2-14-18-12-6-10(3-4-13(12)20-14)17-7-11-5-9(8-21-11)15(16)19/h3-6,8,17H,2,7H2,1H3,(H2,16,19). The first-order valence-corrected chi connectivity index (χ1v) is 7.54. The summed E-state index contributed by atoms with van der Waals surface area (Å²) in [5.74, 6) is 0.347. The Morgan fingerprint density at radius 2 is 2.29 bits per heavy atom. The summed E-state index contributed by atoms with van der Waals surface area (Å²) in [6.07, 6.45) is 0.780. The van der Waals surface area contributed by atoms with Crippen molar-refractivity contribution in [2.45, 2.75) is 19.9 Å². The first-order valence-electron chi connectivity index (χ1n) is 6.66. The second-order valence-electron chi connectivity index (χ2n) is 4.66. The van der Waals surface area contributed by atoms with Crippen LogP contribution in [0.4, 0.5) is 5.69 Å². The Hall–Kier alpha value is -2.34. The van der Waals surface area contributed by atoms with Crippen LogP contribution in [0.25, 0.3) is 11.1 Å². The van der Waals surface area contributed by atoms with Crippen LogP contribution in [0, 0.1) is 0 Å². The van der Waals surface area contributed by atoms with Gasteiger partial charge in [0.25, 0.3) is 0 Å². The lowest BCUT2D eigenvalue weighted by Gasteiger charge is -2.03. The maximum Gasteiger partial charge on any atom is 0.249 e. The molecule has 0 aliphatic heterocycles. The van der Waals surface area contributed by atoms with E-state index in [1.165, 1.54) is 11.3 Å². The number of nitrogens with zero attached hydrogens (tertiary/aromatic N) is 1. The number of carbonyl (C=O) groups excluding carboxylic acids is 1. The van der Waals surface area contributed by atoms with Gasteiger partial charge in [0, 0.05) is 28.9 Å². The minimum atomic E-state index is -0.395. The van der Waals surface area contributed by atoms with Crippen molar-refractivity contribution in [3.8, 4) is 0 Å². The molecule has 108 valence electrons. The fourth-order valence-electron chi connectivity index (χ4n) is 2.03. The van der Waals surface area contributed by atoms with Gasteiger partial charge in [-0.25, -0.2) is 4.98 Å². The number of fused-ring (bicyclic) bond motifs is 1. The maximum absolute atomic E-state index is 11.1. The number of carbonyl (C=O) groups is 1. The molecule has 6 heteroatoms. The first kappa shape index (κ1) is 13.6. The fourth-order valence-corrected chi connectivity index (χ4v) is 2.84. The van der Waals surface area contributed by atoms with E-state index in [-0.39, 0.29) is 0 Å². The molecule has 2 aromatic heterocycles. The van der Waals surface area contributed by atoms with E-state index in [1.807, 2.05) is 31.2 Å². The molecule has 3 N–H and O–H groups in total. The zero-order chi connectivity index (χ0) is 14.8. The Balaban J connectivity index is 1.73. The lowest BCUT2D eigenvalue weighted by Crippen LogP contribution is -2.09. The minimum absolute atomic E-state index is 0.395. The highest BCUT2D eigenvalue weighted by atomic mass is 32.1. The number of thiophene rings is 1. The molecular formula is C15H15N3O2S. The van der Waals surface area contributed by atoms with Gasteiger partial charge in [-0.15, -0.1) is 11.3 Å². The van der Waals surface area contributed by atoms with Gasteiger partial charge < -0.3 is 15.5 Å². The van der Waals surface area contributed by atoms with E-state index in [0.29, 0.717) is 12.1 Å². The number of aryl methyl sites for hydroxylation is 1. The molecular weight excluding hydrogens is 286 g/mol. The number of primary amides is 1. The van der Waals surface area contributed by atoms with Crippen molar-refractivity contribution in [2.24, 2.45) is 5.73 Å². The molecule has 0 radical (unpaired) electrons. The lowest BCUT2D eigenvalue weighted by molar-refractivity contribution is 0.100. The Morgan fingerprint density at radius 3 is 3.00 bits per heavy atom. The monoisotopic (exact) mass is 301 g/mol. The van der Waals surface area contributed by atoms with Crippen molar-refractivity contribution >= 4 is 34.0 Å². The molecule has 3 rings (SSSR count). The van der Waals surface area contributed by atoms with E-state index >= 15 is 0 Å². The molecule has 0 aliphatic rings. The maximum atomic E-state index is 11.1. The first-order chi connectivity index (χ1) is 10.2. The molecule has 0 saturated heterocycles. The highest BCUT2D eigenvalue weighted by molar-refractivity contribution is 7.10. The van der Waals surface area contributed by atoms with Gasteiger partial charge in [0.1, 0.15) is 5.52 Å². The normalized spacial score (nSPS) is 10.9. The average Bonchev–Trinajstić information content (AvgIpc) is 3.10. The third-order valence-corrected chi connectivity index (χ3v) is 4.08. The second-order valence-corrected chi connectivity index (χ2v) is 5.66. The van der Waals surface area contributed by atoms with Gasteiger partial charge in [-0.05, 0) is 24.3 Å². The summed E-state index contributed by atoms with van der Waals surface area (Å²) in [7, 11) is 0. The van der Waals surface area contributed by atoms with E-state index < -0.39 is 5.91 Å². The van der Waals surface area contributed by atoms with Crippen molar-refractivity contribution in [3.63, 3.8) is 0 Å². The molecule has 0 unspecified atom stereocenters. The summed E-state index contributed by atoms with van der Waals surface area (Å²) < 4.78 is 5.58. The van der Waals surface area contributed by atoms with Crippen LogP contribution in [0.5, 0.6) is 0 Å². The lowest BCUT2D eigenvalue weighted by atomic mass is 10.2. The van der Waals surface area contributed by atoms with E-state index in [9.17, 15) is 4.79 Å². The van der Waals surface area contributed by atoms with Crippen LogP contribution in [-0.2, 0) is 13.0 Å². The van der Waals surface area contributed by atoms with Crippen LogP contribution >= 0.6 is 11.3 Å². The largest absolute Gasteiger partial charge is 0.441 e. The number of hydrogen-bond donors (Lipinski definition) is 2. The summed E-state index contributed by atoms with van der Waals surface area (Å²) >= 11 is 1.51. The van der Waals surface area contributed by atoms with E-state index in [0.717, 1.165) is 34.0 Å². The van der Waals surface area contributed by atoms with Crippen LogP contribution in [0.15, 0.2) is 34.1 Å². The van der Waals surface area contributed by atoms with Gasteiger partial charge in [0.15, 0.2) is 11.5 Å². The van der Waals surface area contributed by atoms with Crippen molar-refractivity contribution < 1.29 is 9.21 Å². The highest BCUT2D eigenvalue weighted by Crippen LogP contribution is 2.22. The van der Waals surface area contributed by atoms with E-state index in [2.05, 4.69) is 10.3 Å². The molecule has 3 aromatic rings. The van der Waals surface area contributed by atoms with E-state index in [4.69, 9.17) is 10.2 Å². The molecule has 0 bridgehead atoms. The molecule has 0 fully saturated rings. The van der Waals surface area contributed by atoms with Crippen LogP contribution in [0.1, 0.15) is 28.0 Å². The van der Waals surface area contributed by atoms with Gasteiger partial charge in [-0.3, -0.25) is 4.79 Å². The quantitative estimate of drug-likeness (QED) is 0.758. The Kier molecular flexibility index (Phi) is 3.62. The topological polar surface area (TPSA) is 81.1 Å². The summed E-state index contributed by atoms with van der Waals surface area (Å²) in [6.45, 7) is 2.65. The zero-order valence-corrected chi connectivity index (χ0v) is 12.4. The Labute approximate surface area is 125 Å². The molecule has 1 aromatic carbocycles. The number of anilines is 1. The predicted molar refractivity (Wildman–Crippen MR) is 83.6 cm³/mol. The molecule has 0 aliphatic carbocycles. The van der Waals surface area contributed by atoms with Gasteiger partial charge in [0.05, 0.1) is 5.56 Å². The number of amides is 1. The number of nitrogens with one attached hydrogen (secondary N) is 1. The van der Waals surface area contributed by atoms with Crippen molar-refractivity contribution in [2.75, 3.05) is 5.32 Å². The zero-order valence-electron chi connectivity index (χ0n) is 11.6. The van der Waals surface area contributed by atoms with Crippen molar-refractivity contribution in [3.05, 3.63) is 46.0 Å². The number of rotatable bonds is 5. The molecule has 21 heavy (non-hydrogen) atoms. The average molecular weight is 301 g/mol. The number of nitrogens with two attached hydrogens (primary N) is 1. The molecule has 0 saturated carbocycles. The Bertz CT molecular complexity index is 791. The number of aromatic nitrogens is 1. The molecule has 1 amide bonds. The Morgan fingerprint density at radius 1 is 1.43 bits per heavy atom. The van der Waals surface area contributed by atoms with Crippen LogP contribution in [0.3, 0.4) is 0 Å². The molecule has 0 spiro atoms. The van der Waals surface area contributed by atoms with Crippen LogP contribution < -0.4 is 11.1 Å². The second kappa shape index (κ2) is 5.57. The summed E-state index contributed by atoms with van der Waals surface area (Å²) in [5, 5.41) is 5.08. The van der Waals surface area contributed by atoms with Gasteiger partial charge >= 0.3 is 0 Å². The minimum Gasteiger partial charge on any atom is -0.441 e. The van der Waals surface area contributed by atoms with Gasteiger partial charge in [-0.2, -0.15) is 0 Å². The van der Waals surface area contributed by atoms with Crippen molar-refractivity contribution in [1.82, 2.24) is 4.98 Å². The SMILES string of the molecule is CCc1nc2cc(NCc3cc(C(N)=O)cs3)ccc2o1. The van der Waals surface area contributed by atoms with Gasteiger partial charge in [-0.1, -0.05) is 6.92 Å². The third kappa shape index (κ3) is 2.90. The van der Waals surface area contributed by atoms with Gasteiger partial charge in [0.2, 0.25) is 5.91 Å². The molecule has 0 atom stereocenters. The van der Waals surface area contributed by atoms with Crippen LogP contribution in [0.2, 0.25) is 0 Å². The number of oxazole rings is 1.